The van der Waals surface area contributed by atoms with Crippen LogP contribution in [0.25, 0.3) is 0 Å². The second-order valence-electron chi connectivity index (χ2n) is 6.74. The highest BCUT2D eigenvalue weighted by Gasteiger charge is 2.30. The number of ether oxygens (including phenoxy) is 1. The van der Waals surface area contributed by atoms with Crippen LogP contribution < -0.4 is 10.1 Å². The molecule has 1 atom stereocenters. The number of amides is 1. The van der Waals surface area contributed by atoms with E-state index in [2.05, 4.69) is 16.3 Å². The first-order valence-corrected chi connectivity index (χ1v) is 8.64. The number of nitrogens with zero attached hydrogens (tertiary/aromatic N) is 1. The van der Waals surface area contributed by atoms with Gasteiger partial charge in [0.2, 0.25) is 0 Å². The third kappa shape index (κ3) is 2.85. The molecular formula is C20H22N2O3. The van der Waals surface area contributed by atoms with Crippen molar-refractivity contribution in [3.05, 3.63) is 58.7 Å². The lowest BCUT2D eigenvalue weighted by molar-refractivity contribution is 0.0965. The number of fused-ring (bicyclic) bond motifs is 1. The van der Waals surface area contributed by atoms with Crippen molar-refractivity contribution in [1.82, 2.24) is 10.2 Å². The molecule has 2 aromatic rings. The minimum absolute atomic E-state index is 0.0352. The number of hydrogen-bond donors (Lipinski definition) is 2. The van der Waals surface area contributed by atoms with Gasteiger partial charge < -0.3 is 15.2 Å². The SMILES string of the molecule is COc1cccc(CN2CCC(c3cccc4c3CNC4=O)C2)c1O. The van der Waals surface area contributed by atoms with Crippen LogP contribution in [0.5, 0.6) is 11.5 Å². The van der Waals surface area contributed by atoms with Crippen LogP contribution >= 0.6 is 0 Å². The molecule has 2 aliphatic heterocycles. The molecule has 1 amide bonds. The summed E-state index contributed by atoms with van der Waals surface area (Å²) >= 11 is 0. The smallest absolute Gasteiger partial charge is 0.251 e. The zero-order chi connectivity index (χ0) is 17.4. The van der Waals surface area contributed by atoms with Gasteiger partial charge in [0.15, 0.2) is 11.5 Å². The minimum Gasteiger partial charge on any atom is -0.504 e. The molecule has 0 bridgehead atoms. The van der Waals surface area contributed by atoms with Crippen LogP contribution in [0.15, 0.2) is 36.4 Å². The van der Waals surface area contributed by atoms with Gasteiger partial charge >= 0.3 is 0 Å². The van der Waals surface area contributed by atoms with Gasteiger partial charge in [-0.2, -0.15) is 0 Å². The number of para-hydroxylation sites is 1. The highest BCUT2D eigenvalue weighted by atomic mass is 16.5. The van der Waals surface area contributed by atoms with Crippen LogP contribution in [-0.2, 0) is 13.1 Å². The molecule has 2 aromatic carbocycles. The first-order chi connectivity index (χ1) is 12.2. The molecule has 1 fully saturated rings. The minimum atomic E-state index is 0.0352. The molecule has 0 saturated carbocycles. The third-order valence-corrected chi connectivity index (χ3v) is 5.29. The predicted molar refractivity (Wildman–Crippen MR) is 94.9 cm³/mol. The molecule has 1 saturated heterocycles. The number of phenolic OH excluding ortho intramolecular Hbond substituents is 1. The Labute approximate surface area is 147 Å². The summed E-state index contributed by atoms with van der Waals surface area (Å²) in [6, 6.07) is 11.6. The standard InChI is InChI=1S/C20H22N2O3/c1-25-18-7-2-4-14(19(18)23)12-22-9-8-13(11-22)15-5-3-6-16-17(15)10-21-20(16)24/h2-7,13,23H,8-12H2,1H3,(H,21,24). The van der Waals surface area contributed by atoms with E-state index in [1.807, 2.05) is 24.3 Å². The van der Waals surface area contributed by atoms with E-state index >= 15 is 0 Å². The van der Waals surface area contributed by atoms with Crippen molar-refractivity contribution < 1.29 is 14.6 Å². The molecular weight excluding hydrogens is 316 g/mol. The quantitative estimate of drug-likeness (QED) is 0.900. The van der Waals surface area contributed by atoms with Gasteiger partial charge in [-0.05, 0) is 42.1 Å². The third-order valence-electron chi connectivity index (χ3n) is 5.29. The summed E-state index contributed by atoms with van der Waals surface area (Å²) in [5, 5.41) is 13.2. The van der Waals surface area contributed by atoms with Gasteiger partial charge in [-0.1, -0.05) is 24.3 Å². The monoisotopic (exact) mass is 338 g/mol. The number of nitrogens with one attached hydrogen (secondary N) is 1. The van der Waals surface area contributed by atoms with E-state index < -0.39 is 0 Å². The maximum absolute atomic E-state index is 11.9. The molecule has 0 radical (unpaired) electrons. The van der Waals surface area contributed by atoms with Crippen LogP contribution in [0.1, 0.15) is 39.4 Å². The second-order valence-corrected chi connectivity index (χ2v) is 6.74. The molecule has 2 heterocycles. The van der Waals surface area contributed by atoms with E-state index in [1.54, 1.807) is 13.2 Å². The fraction of sp³-hybridized carbons (Fsp3) is 0.350. The second kappa shape index (κ2) is 6.41. The molecule has 0 aliphatic carbocycles. The average Bonchev–Trinajstić information content (AvgIpc) is 3.24. The molecule has 2 N–H and O–H groups in total. The number of carbonyl (C=O) groups is 1. The summed E-state index contributed by atoms with van der Waals surface area (Å²) in [6.07, 6.45) is 1.06. The number of hydrogen-bond acceptors (Lipinski definition) is 4. The molecule has 0 aromatic heterocycles. The van der Waals surface area contributed by atoms with Gasteiger partial charge in [0.05, 0.1) is 7.11 Å². The fourth-order valence-corrected chi connectivity index (χ4v) is 3.99. The number of benzene rings is 2. The van der Waals surface area contributed by atoms with Crippen molar-refractivity contribution in [2.45, 2.75) is 25.4 Å². The van der Waals surface area contributed by atoms with Crippen LogP contribution in [-0.4, -0.2) is 36.1 Å². The summed E-state index contributed by atoms with van der Waals surface area (Å²) in [7, 11) is 1.57. The highest BCUT2D eigenvalue weighted by Crippen LogP contribution is 2.35. The Morgan fingerprint density at radius 1 is 1.28 bits per heavy atom. The van der Waals surface area contributed by atoms with E-state index in [0.29, 0.717) is 24.8 Å². The van der Waals surface area contributed by atoms with Crippen LogP contribution in [0, 0.1) is 0 Å². The lowest BCUT2D eigenvalue weighted by Gasteiger charge is -2.18. The number of carbonyl (C=O) groups excluding carboxylic acids is 1. The maximum atomic E-state index is 11.9. The van der Waals surface area contributed by atoms with Crippen molar-refractivity contribution in [3.63, 3.8) is 0 Å². The van der Waals surface area contributed by atoms with Gasteiger partial charge in [-0.3, -0.25) is 9.69 Å². The normalized spacial score (nSPS) is 19.7. The Morgan fingerprint density at radius 2 is 2.12 bits per heavy atom. The van der Waals surface area contributed by atoms with Crippen LogP contribution in [0.4, 0.5) is 0 Å². The Morgan fingerprint density at radius 3 is 2.96 bits per heavy atom. The Kier molecular flexibility index (Phi) is 4.09. The van der Waals surface area contributed by atoms with E-state index in [4.69, 9.17) is 4.74 Å². The summed E-state index contributed by atoms with van der Waals surface area (Å²) < 4.78 is 5.19. The van der Waals surface area contributed by atoms with Crippen molar-refractivity contribution >= 4 is 5.91 Å². The molecule has 5 heteroatoms. The summed E-state index contributed by atoms with van der Waals surface area (Å²) in [4.78, 5) is 14.2. The molecule has 4 rings (SSSR count). The van der Waals surface area contributed by atoms with Crippen LogP contribution in [0.3, 0.4) is 0 Å². The number of likely N-dealkylation sites (tertiary alicyclic amines) is 1. The van der Waals surface area contributed by atoms with Gasteiger partial charge in [-0.15, -0.1) is 0 Å². The molecule has 130 valence electrons. The van der Waals surface area contributed by atoms with E-state index in [0.717, 1.165) is 36.2 Å². The molecule has 0 spiro atoms. The first-order valence-electron chi connectivity index (χ1n) is 8.64. The maximum Gasteiger partial charge on any atom is 0.251 e. The van der Waals surface area contributed by atoms with E-state index in [9.17, 15) is 9.90 Å². The topological polar surface area (TPSA) is 61.8 Å². The van der Waals surface area contributed by atoms with Crippen molar-refractivity contribution in [2.24, 2.45) is 0 Å². The lowest BCUT2D eigenvalue weighted by atomic mass is 9.91. The largest absolute Gasteiger partial charge is 0.504 e. The van der Waals surface area contributed by atoms with E-state index in [1.165, 1.54) is 5.56 Å². The summed E-state index contributed by atoms with van der Waals surface area (Å²) in [5.74, 6) is 1.20. The first kappa shape index (κ1) is 16.0. The van der Waals surface area contributed by atoms with Crippen molar-refractivity contribution in [3.8, 4) is 11.5 Å². The Balaban J connectivity index is 1.51. The van der Waals surface area contributed by atoms with Crippen LogP contribution in [0.2, 0.25) is 0 Å². The van der Waals surface area contributed by atoms with Gasteiger partial charge in [0.25, 0.3) is 5.91 Å². The lowest BCUT2D eigenvalue weighted by Crippen LogP contribution is -2.20. The predicted octanol–water partition coefficient (Wildman–Crippen LogP) is 2.63. The Hall–Kier alpha value is -2.53. The summed E-state index contributed by atoms with van der Waals surface area (Å²) in [6.45, 7) is 3.25. The molecule has 25 heavy (non-hydrogen) atoms. The number of aromatic hydroxyl groups is 1. The zero-order valence-corrected chi connectivity index (χ0v) is 14.3. The fourth-order valence-electron chi connectivity index (χ4n) is 3.99. The number of rotatable bonds is 4. The van der Waals surface area contributed by atoms with Crippen molar-refractivity contribution in [1.29, 1.82) is 0 Å². The van der Waals surface area contributed by atoms with Gasteiger partial charge in [0.1, 0.15) is 0 Å². The molecule has 5 nitrogen and oxygen atoms in total. The van der Waals surface area contributed by atoms with Crippen molar-refractivity contribution in [2.75, 3.05) is 20.2 Å². The average molecular weight is 338 g/mol. The highest BCUT2D eigenvalue weighted by molar-refractivity contribution is 5.98. The molecule has 2 aliphatic rings. The van der Waals surface area contributed by atoms with Gasteiger partial charge in [-0.25, -0.2) is 0 Å². The Bertz CT molecular complexity index is 819. The molecule has 1 unspecified atom stereocenters. The van der Waals surface area contributed by atoms with Gasteiger partial charge in [0, 0.05) is 30.8 Å². The zero-order valence-electron chi connectivity index (χ0n) is 14.3. The number of methoxy groups -OCH3 is 1. The number of phenols is 1. The van der Waals surface area contributed by atoms with E-state index in [-0.39, 0.29) is 11.7 Å². The summed E-state index contributed by atoms with van der Waals surface area (Å²) in [5.41, 5.74) is 4.15.